The van der Waals surface area contributed by atoms with E-state index >= 15 is 0 Å². The van der Waals surface area contributed by atoms with Crippen LogP contribution in [0.3, 0.4) is 0 Å². The number of rotatable bonds is 3. The molecule has 0 aromatic heterocycles. The quantitative estimate of drug-likeness (QED) is 0.590. The van der Waals surface area contributed by atoms with Gasteiger partial charge in [0.05, 0.1) is 11.2 Å². The molecule has 1 aliphatic heterocycles. The highest BCUT2D eigenvalue weighted by Gasteiger charge is 2.53. The summed E-state index contributed by atoms with van der Waals surface area (Å²) in [7, 11) is 0. The molecule has 0 unspecified atom stereocenters. The Morgan fingerprint density at radius 2 is 1.28 bits per heavy atom. The molecule has 3 aliphatic rings. The van der Waals surface area contributed by atoms with Gasteiger partial charge in [-0.1, -0.05) is 68.9 Å². The second-order valence-corrected chi connectivity index (χ2v) is 9.06. The van der Waals surface area contributed by atoms with Crippen molar-refractivity contribution in [1.82, 2.24) is 0 Å². The molecule has 1 heteroatoms. The van der Waals surface area contributed by atoms with Gasteiger partial charge in [-0.05, 0) is 68.6 Å². The molecule has 0 spiro atoms. The summed E-state index contributed by atoms with van der Waals surface area (Å²) < 4.78 is 7.09. The Labute approximate surface area is 153 Å². The Kier molecular flexibility index (Phi) is 4.79. The summed E-state index contributed by atoms with van der Waals surface area (Å²) in [6.07, 6.45) is 16.4. The van der Waals surface area contributed by atoms with Crippen LogP contribution in [0.15, 0.2) is 36.4 Å². The first kappa shape index (κ1) is 17.3. The maximum Gasteiger partial charge on any atom is 0.0937 e. The topological polar surface area (TPSA) is 9.23 Å². The van der Waals surface area contributed by atoms with Crippen molar-refractivity contribution in [3.05, 3.63) is 42.0 Å². The van der Waals surface area contributed by atoms with E-state index in [9.17, 15) is 0 Å². The number of ether oxygens (including phenoxy) is 1. The van der Waals surface area contributed by atoms with Crippen molar-refractivity contribution < 1.29 is 4.74 Å². The fourth-order valence-corrected chi connectivity index (χ4v) is 5.82. The van der Waals surface area contributed by atoms with Crippen LogP contribution in [0.5, 0.6) is 0 Å². The van der Waals surface area contributed by atoms with Crippen LogP contribution < -0.4 is 0 Å². The zero-order chi connectivity index (χ0) is 17.3. The van der Waals surface area contributed by atoms with Gasteiger partial charge in [-0.2, -0.15) is 0 Å². The van der Waals surface area contributed by atoms with Crippen LogP contribution >= 0.6 is 0 Å². The summed E-state index contributed by atoms with van der Waals surface area (Å²) in [5.41, 5.74) is 2.57. The first-order chi connectivity index (χ1) is 12.1. The summed E-state index contributed by atoms with van der Waals surface area (Å²) in [4.78, 5) is 0. The minimum atomic E-state index is -0.184. The van der Waals surface area contributed by atoms with Gasteiger partial charge in [0.25, 0.3) is 0 Å². The Bertz CT molecular complexity index is 582. The van der Waals surface area contributed by atoms with Crippen LogP contribution in [0.2, 0.25) is 0 Å². The number of hydrogen-bond acceptors (Lipinski definition) is 1. The summed E-state index contributed by atoms with van der Waals surface area (Å²) in [5.74, 6) is 1.43. The third-order valence-corrected chi connectivity index (χ3v) is 7.02. The molecule has 0 atom stereocenters. The lowest BCUT2D eigenvalue weighted by Gasteiger charge is -2.47. The maximum atomic E-state index is 7.09. The molecule has 2 fully saturated rings. The lowest BCUT2D eigenvalue weighted by atomic mass is 9.66. The molecule has 0 saturated heterocycles. The van der Waals surface area contributed by atoms with Gasteiger partial charge in [0.15, 0.2) is 0 Å². The SMILES string of the molecule is CC1(C)OC(C2CCCCC2)(C2CCCCC2)C=C1c1ccccc1. The van der Waals surface area contributed by atoms with E-state index in [2.05, 4.69) is 50.3 Å². The van der Waals surface area contributed by atoms with Crippen LogP contribution in [0, 0.1) is 11.8 Å². The smallest absolute Gasteiger partial charge is 0.0937 e. The number of hydrogen-bond donors (Lipinski definition) is 0. The number of benzene rings is 1. The zero-order valence-electron chi connectivity index (χ0n) is 16.1. The molecule has 0 amide bonds. The van der Waals surface area contributed by atoms with E-state index in [0.29, 0.717) is 11.8 Å². The second-order valence-electron chi connectivity index (χ2n) is 9.06. The van der Waals surface area contributed by atoms with E-state index < -0.39 is 0 Å². The Morgan fingerprint density at radius 3 is 1.80 bits per heavy atom. The Balaban J connectivity index is 1.76. The highest BCUT2D eigenvalue weighted by Crippen LogP contribution is 2.54. The van der Waals surface area contributed by atoms with E-state index in [1.54, 1.807) is 0 Å². The second kappa shape index (κ2) is 6.91. The molecule has 0 N–H and O–H groups in total. The van der Waals surface area contributed by atoms with Gasteiger partial charge in [-0.3, -0.25) is 0 Å². The van der Waals surface area contributed by atoms with Gasteiger partial charge in [0, 0.05) is 0 Å². The van der Waals surface area contributed by atoms with Gasteiger partial charge in [0.2, 0.25) is 0 Å². The normalized spacial score (nSPS) is 27.2. The Morgan fingerprint density at radius 1 is 0.760 bits per heavy atom. The van der Waals surface area contributed by atoms with Gasteiger partial charge in [0.1, 0.15) is 0 Å². The zero-order valence-corrected chi connectivity index (χ0v) is 16.1. The van der Waals surface area contributed by atoms with E-state index in [1.165, 1.54) is 75.3 Å². The average molecular weight is 339 g/mol. The molecule has 2 aliphatic carbocycles. The molecule has 0 bridgehead atoms. The van der Waals surface area contributed by atoms with Crippen molar-refractivity contribution in [3.63, 3.8) is 0 Å². The summed E-state index contributed by atoms with van der Waals surface area (Å²) in [5, 5.41) is 0. The van der Waals surface area contributed by atoms with Crippen molar-refractivity contribution in [2.45, 2.75) is 89.3 Å². The molecule has 1 aromatic rings. The summed E-state index contributed by atoms with van der Waals surface area (Å²) >= 11 is 0. The lowest BCUT2D eigenvalue weighted by molar-refractivity contribution is -0.143. The maximum absolute atomic E-state index is 7.09. The van der Waals surface area contributed by atoms with Gasteiger partial charge in [-0.25, -0.2) is 0 Å². The monoisotopic (exact) mass is 338 g/mol. The van der Waals surface area contributed by atoms with Crippen LogP contribution in [-0.4, -0.2) is 11.2 Å². The predicted molar refractivity (Wildman–Crippen MR) is 105 cm³/mol. The highest BCUT2D eigenvalue weighted by atomic mass is 16.5. The first-order valence-corrected chi connectivity index (χ1v) is 10.6. The Hall–Kier alpha value is -1.08. The molecule has 2 saturated carbocycles. The predicted octanol–water partition coefficient (Wildman–Crippen LogP) is 6.78. The lowest BCUT2D eigenvalue weighted by Crippen LogP contribution is -2.48. The molecule has 0 radical (unpaired) electrons. The highest BCUT2D eigenvalue weighted by molar-refractivity contribution is 5.74. The van der Waals surface area contributed by atoms with Crippen molar-refractivity contribution in [3.8, 4) is 0 Å². The largest absolute Gasteiger partial charge is 0.360 e. The van der Waals surface area contributed by atoms with Crippen LogP contribution in [-0.2, 0) is 4.74 Å². The standard InChI is InChI=1S/C24H34O/c1-23(2)22(19-12-6-3-7-13-19)18-24(25-23,20-14-8-4-9-15-20)21-16-10-5-11-17-21/h3,6-7,12-13,18,20-21H,4-5,8-11,14-17H2,1-2H3. The van der Waals surface area contributed by atoms with E-state index in [4.69, 9.17) is 4.74 Å². The fraction of sp³-hybridized carbons (Fsp3) is 0.667. The molecule has 25 heavy (non-hydrogen) atoms. The third kappa shape index (κ3) is 3.21. The van der Waals surface area contributed by atoms with Crippen LogP contribution in [0.25, 0.3) is 5.57 Å². The van der Waals surface area contributed by atoms with Gasteiger partial charge >= 0.3 is 0 Å². The molecular formula is C24H34O. The molecule has 1 aromatic carbocycles. The van der Waals surface area contributed by atoms with E-state index in [0.717, 1.165) is 0 Å². The third-order valence-electron chi connectivity index (χ3n) is 7.02. The van der Waals surface area contributed by atoms with Crippen molar-refractivity contribution in [2.24, 2.45) is 11.8 Å². The van der Waals surface area contributed by atoms with Crippen molar-refractivity contribution in [1.29, 1.82) is 0 Å². The van der Waals surface area contributed by atoms with Crippen molar-refractivity contribution >= 4 is 5.57 Å². The fourth-order valence-electron chi connectivity index (χ4n) is 5.82. The summed E-state index contributed by atoms with van der Waals surface area (Å²) in [6, 6.07) is 11.0. The molecule has 1 nitrogen and oxygen atoms in total. The minimum Gasteiger partial charge on any atom is -0.360 e. The van der Waals surface area contributed by atoms with Crippen molar-refractivity contribution in [2.75, 3.05) is 0 Å². The minimum absolute atomic E-state index is 0.0183. The molecular weight excluding hydrogens is 304 g/mol. The van der Waals surface area contributed by atoms with E-state index in [-0.39, 0.29) is 11.2 Å². The first-order valence-electron chi connectivity index (χ1n) is 10.6. The molecule has 4 rings (SSSR count). The molecule has 136 valence electrons. The van der Waals surface area contributed by atoms with Crippen LogP contribution in [0.4, 0.5) is 0 Å². The van der Waals surface area contributed by atoms with Gasteiger partial charge in [-0.15, -0.1) is 0 Å². The average Bonchev–Trinajstić information content (AvgIpc) is 2.96. The van der Waals surface area contributed by atoms with Crippen LogP contribution in [0.1, 0.15) is 83.6 Å². The van der Waals surface area contributed by atoms with Gasteiger partial charge < -0.3 is 4.74 Å². The summed E-state index contributed by atoms with van der Waals surface area (Å²) in [6.45, 7) is 4.58. The molecule has 1 heterocycles. The van der Waals surface area contributed by atoms with E-state index in [1.807, 2.05) is 0 Å².